The van der Waals surface area contributed by atoms with Crippen molar-refractivity contribution in [3.05, 3.63) is 0 Å². The van der Waals surface area contributed by atoms with E-state index < -0.39 is 0 Å². The first-order chi connectivity index (χ1) is 6.02. The van der Waals surface area contributed by atoms with Gasteiger partial charge in [0.1, 0.15) is 0 Å². The van der Waals surface area contributed by atoms with E-state index in [-0.39, 0.29) is 18.1 Å². The molecular formula is C9H20N2O2. The second-order valence-electron chi connectivity index (χ2n) is 3.45. The second-order valence-corrected chi connectivity index (χ2v) is 3.45. The first-order valence-corrected chi connectivity index (χ1v) is 4.66. The van der Waals surface area contributed by atoms with Crippen LogP contribution in [0.15, 0.2) is 0 Å². The minimum atomic E-state index is -0.0778. The van der Waals surface area contributed by atoms with Gasteiger partial charge in [0.15, 0.2) is 0 Å². The third-order valence-corrected chi connectivity index (χ3v) is 1.38. The van der Waals surface area contributed by atoms with Crippen molar-refractivity contribution in [3.8, 4) is 0 Å². The molecule has 0 aromatic carbocycles. The van der Waals surface area contributed by atoms with Crippen molar-refractivity contribution < 1.29 is 9.53 Å². The summed E-state index contributed by atoms with van der Waals surface area (Å²) >= 11 is 0. The minimum absolute atomic E-state index is 0.0117. The van der Waals surface area contributed by atoms with E-state index in [1.54, 1.807) is 0 Å². The molecule has 4 heteroatoms. The lowest BCUT2D eigenvalue weighted by molar-refractivity contribution is -0.121. The van der Waals surface area contributed by atoms with E-state index in [0.29, 0.717) is 19.6 Å². The molecule has 0 aliphatic carbocycles. The molecule has 0 bridgehead atoms. The Morgan fingerprint density at radius 3 is 2.54 bits per heavy atom. The van der Waals surface area contributed by atoms with Crippen molar-refractivity contribution in [2.75, 3.05) is 13.2 Å². The molecule has 0 radical (unpaired) electrons. The zero-order valence-corrected chi connectivity index (χ0v) is 8.67. The summed E-state index contributed by atoms with van der Waals surface area (Å²) in [6.07, 6.45) is 0.590. The molecule has 0 aliphatic rings. The molecule has 0 fully saturated rings. The summed E-state index contributed by atoms with van der Waals surface area (Å²) in [4.78, 5) is 11.1. The number of carbonyl (C=O) groups is 1. The highest BCUT2D eigenvalue weighted by atomic mass is 16.5. The highest BCUT2D eigenvalue weighted by Crippen LogP contribution is 1.87. The lowest BCUT2D eigenvalue weighted by Gasteiger charge is -2.09. The highest BCUT2D eigenvalue weighted by Gasteiger charge is 2.03. The SMILES string of the molecule is CC(N)CC(=O)NCCOC(C)C. The standard InChI is InChI=1S/C9H20N2O2/c1-7(2)13-5-4-11-9(12)6-8(3)10/h7-8H,4-6,10H2,1-3H3,(H,11,12). The molecule has 1 atom stereocenters. The molecule has 1 unspecified atom stereocenters. The molecule has 0 spiro atoms. The smallest absolute Gasteiger partial charge is 0.221 e. The van der Waals surface area contributed by atoms with Crippen LogP contribution in [-0.2, 0) is 9.53 Å². The van der Waals surface area contributed by atoms with Crippen LogP contribution in [0.5, 0.6) is 0 Å². The summed E-state index contributed by atoms with van der Waals surface area (Å²) < 4.78 is 5.25. The summed E-state index contributed by atoms with van der Waals surface area (Å²) in [6, 6.07) is -0.0778. The fraction of sp³-hybridized carbons (Fsp3) is 0.889. The summed E-state index contributed by atoms with van der Waals surface area (Å²) in [5.41, 5.74) is 5.45. The molecule has 0 rings (SSSR count). The minimum Gasteiger partial charge on any atom is -0.377 e. The van der Waals surface area contributed by atoms with Crippen molar-refractivity contribution >= 4 is 5.91 Å². The van der Waals surface area contributed by atoms with E-state index in [4.69, 9.17) is 10.5 Å². The average molecular weight is 188 g/mol. The average Bonchev–Trinajstić information content (AvgIpc) is 1.96. The van der Waals surface area contributed by atoms with Gasteiger partial charge in [0.2, 0.25) is 5.91 Å². The number of nitrogens with one attached hydrogen (secondary N) is 1. The maximum absolute atomic E-state index is 11.1. The van der Waals surface area contributed by atoms with Crippen molar-refractivity contribution in [2.24, 2.45) is 5.73 Å². The molecule has 4 nitrogen and oxygen atoms in total. The monoisotopic (exact) mass is 188 g/mol. The Hall–Kier alpha value is -0.610. The van der Waals surface area contributed by atoms with Gasteiger partial charge in [-0.05, 0) is 20.8 Å². The van der Waals surface area contributed by atoms with Crippen LogP contribution in [0.25, 0.3) is 0 Å². The molecule has 0 saturated heterocycles. The first kappa shape index (κ1) is 12.4. The number of hydrogen-bond acceptors (Lipinski definition) is 3. The Kier molecular flexibility index (Phi) is 6.54. The van der Waals surface area contributed by atoms with E-state index in [1.807, 2.05) is 20.8 Å². The lowest BCUT2D eigenvalue weighted by Crippen LogP contribution is -2.32. The number of amides is 1. The Bertz CT molecular complexity index is 147. The van der Waals surface area contributed by atoms with Crippen LogP contribution in [0.1, 0.15) is 27.2 Å². The summed E-state index contributed by atoms with van der Waals surface area (Å²) in [7, 11) is 0. The topological polar surface area (TPSA) is 64.4 Å². The third kappa shape index (κ3) is 9.30. The maximum atomic E-state index is 11.1. The number of nitrogens with two attached hydrogens (primary N) is 1. The molecule has 13 heavy (non-hydrogen) atoms. The number of carbonyl (C=O) groups excluding carboxylic acids is 1. The summed E-state index contributed by atoms with van der Waals surface area (Å²) in [5, 5.41) is 2.73. The fourth-order valence-corrected chi connectivity index (χ4v) is 0.850. The van der Waals surface area contributed by atoms with Crippen LogP contribution < -0.4 is 11.1 Å². The van der Waals surface area contributed by atoms with Gasteiger partial charge < -0.3 is 15.8 Å². The molecule has 0 aromatic heterocycles. The largest absolute Gasteiger partial charge is 0.377 e. The highest BCUT2D eigenvalue weighted by molar-refractivity contribution is 5.76. The first-order valence-electron chi connectivity index (χ1n) is 4.66. The van der Waals surface area contributed by atoms with Gasteiger partial charge in [0.05, 0.1) is 12.7 Å². The number of ether oxygens (including phenoxy) is 1. The van der Waals surface area contributed by atoms with Crippen LogP contribution in [0.2, 0.25) is 0 Å². The zero-order chi connectivity index (χ0) is 10.3. The Morgan fingerprint density at radius 2 is 2.08 bits per heavy atom. The van der Waals surface area contributed by atoms with Crippen LogP contribution in [0, 0.1) is 0 Å². The van der Waals surface area contributed by atoms with Gasteiger partial charge in [0, 0.05) is 19.0 Å². The van der Waals surface area contributed by atoms with E-state index in [0.717, 1.165) is 0 Å². The Morgan fingerprint density at radius 1 is 1.46 bits per heavy atom. The van der Waals surface area contributed by atoms with Gasteiger partial charge in [-0.25, -0.2) is 0 Å². The predicted octanol–water partition coefficient (Wildman–Crippen LogP) is 0.265. The summed E-state index contributed by atoms with van der Waals surface area (Å²) in [5.74, 6) is -0.0117. The molecule has 0 heterocycles. The quantitative estimate of drug-likeness (QED) is 0.588. The van der Waals surface area contributed by atoms with Crippen LogP contribution in [-0.4, -0.2) is 31.2 Å². The molecule has 3 N–H and O–H groups in total. The van der Waals surface area contributed by atoms with Gasteiger partial charge in [0.25, 0.3) is 0 Å². The van der Waals surface area contributed by atoms with E-state index >= 15 is 0 Å². The second kappa shape index (κ2) is 6.86. The molecule has 0 saturated carbocycles. The molecule has 0 aromatic rings. The molecule has 0 aliphatic heterocycles. The van der Waals surface area contributed by atoms with E-state index in [2.05, 4.69) is 5.32 Å². The van der Waals surface area contributed by atoms with Crippen molar-refractivity contribution in [1.82, 2.24) is 5.32 Å². The van der Waals surface area contributed by atoms with Crippen molar-refractivity contribution in [2.45, 2.75) is 39.3 Å². The van der Waals surface area contributed by atoms with Gasteiger partial charge in [-0.15, -0.1) is 0 Å². The van der Waals surface area contributed by atoms with E-state index in [1.165, 1.54) is 0 Å². The van der Waals surface area contributed by atoms with Gasteiger partial charge in [-0.3, -0.25) is 4.79 Å². The predicted molar refractivity (Wildman–Crippen MR) is 52.4 cm³/mol. The van der Waals surface area contributed by atoms with Crippen LogP contribution in [0.4, 0.5) is 0 Å². The summed E-state index contributed by atoms with van der Waals surface area (Å²) in [6.45, 7) is 6.85. The van der Waals surface area contributed by atoms with Crippen molar-refractivity contribution in [1.29, 1.82) is 0 Å². The van der Waals surface area contributed by atoms with Gasteiger partial charge in [-0.1, -0.05) is 0 Å². The van der Waals surface area contributed by atoms with E-state index in [9.17, 15) is 4.79 Å². The number of hydrogen-bond donors (Lipinski definition) is 2. The Labute approximate surface area is 79.8 Å². The maximum Gasteiger partial charge on any atom is 0.221 e. The Balaban J connectivity index is 3.27. The normalized spacial score (nSPS) is 13.0. The van der Waals surface area contributed by atoms with Gasteiger partial charge in [-0.2, -0.15) is 0 Å². The number of rotatable bonds is 6. The van der Waals surface area contributed by atoms with Gasteiger partial charge >= 0.3 is 0 Å². The fourth-order valence-electron chi connectivity index (χ4n) is 0.850. The zero-order valence-electron chi connectivity index (χ0n) is 8.67. The van der Waals surface area contributed by atoms with Crippen LogP contribution in [0.3, 0.4) is 0 Å². The van der Waals surface area contributed by atoms with Crippen LogP contribution >= 0.6 is 0 Å². The molecular weight excluding hydrogens is 168 g/mol. The molecule has 1 amide bonds. The molecule has 78 valence electrons. The van der Waals surface area contributed by atoms with Crippen molar-refractivity contribution in [3.63, 3.8) is 0 Å². The third-order valence-electron chi connectivity index (χ3n) is 1.38. The lowest BCUT2D eigenvalue weighted by atomic mass is 10.2.